The van der Waals surface area contributed by atoms with Crippen molar-refractivity contribution in [3.05, 3.63) is 35.4 Å². The number of hydrogen-bond acceptors (Lipinski definition) is 2. The van der Waals surface area contributed by atoms with Crippen LogP contribution in [0.25, 0.3) is 0 Å². The number of hydrogen-bond donors (Lipinski definition) is 2. The molecule has 10 fully saturated rings. The molecular weight excluding hydrogens is 673 g/mol. The van der Waals surface area contributed by atoms with Crippen molar-refractivity contribution in [2.75, 3.05) is 26.2 Å². The Bertz CT molecular complexity index is 1300. The van der Waals surface area contributed by atoms with Crippen molar-refractivity contribution in [3.8, 4) is 0 Å². The van der Waals surface area contributed by atoms with Gasteiger partial charge in [-0.25, -0.2) is 0 Å². The van der Waals surface area contributed by atoms with E-state index in [-0.39, 0.29) is 7.92 Å². The summed E-state index contributed by atoms with van der Waals surface area (Å²) < 4.78 is 0. The van der Waals surface area contributed by atoms with E-state index in [1.807, 2.05) is 11.1 Å². The second-order valence-electron chi connectivity index (χ2n) is 22.6. The predicted octanol–water partition coefficient (Wildman–Crippen LogP) is 12.3. The van der Waals surface area contributed by atoms with Crippen molar-refractivity contribution >= 4 is 25.1 Å². The molecule has 8 atom stereocenters. The van der Waals surface area contributed by atoms with Gasteiger partial charge >= 0.3 is 0 Å². The first-order valence-electron chi connectivity index (χ1n) is 22.1. The Balaban J connectivity index is 1.09. The van der Waals surface area contributed by atoms with Gasteiger partial charge in [0.15, 0.2) is 0 Å². The molecule has 10 aliphatic rings. The summed E-state index contributed by atoms with van der Waals surface area (Å²) in [4.78, 5) is 0. The molecule has 1 aromatic carbocycles. The van der Waals surface area contributed by atoms with Crippen molar-refractivity contribution in [1.29, 1.82) is 0 Å². The number of benzene rings is 1. The minimum atomic E-state index is -0.0445. The molecule has 8 saturated carbocycles. The van der Waals surface area contributed by atoms with Crippen LogP contribution in [0.15, 0.2) is 24.3 Å². The van der Waals surface area contributed by atoms with Crippen molar-refractivity contribution in [2.24, 2.45) is 45.3 Å². The van der Waals surface area contributed by atoms with E-state index in [4.69, 9.17) is 0 Å². The van der Waals surface area contributed by atoms with E-state index in [0.717, 1.165) is 57.6 Å². The van der Waals surface area contributed by atoms with Crippen molar-refractivity contribution < 1.29 is 0 Å². The average Bonchev–Trinajstić information content (AvgIpc) is 3.05. The Kier molecular flexibility index (Phi) is 9.82. The van der Waals surface area contributed by atoms with E-state index in [1.54, 1.807) is 77.0 Å². The van der Waals surface area contributed by atoms with Crippen LogP contribution in [-0.2, 0) is 6.16 Å². The maximum absolute atomic E-state index is 3.88. The lowest BCUT2D eigenvalue weighted by atomic mass is 9.43. The fraction of sp³-hybridized carbons (Fsp3) is 0.870. The fourth-order valence-corrected chi connectivity index (χ4v) is 25.6. The smallest absolute Gasteiger partial charge is 0.0199 e. The summed E-state index contributed by atoms with van der Waals surface area (Å²) in [7, 11) is 2.24. The highest BCUT2D eigenvalue weighted by atomic mass is 31.1. The zero-order valence-corrected chi connectivity index (χ0v) is 36.5. The SMILES string of the molecule is CC(C)(C)C12CC3CC(CC(PC(PC45CC6CC(C4)CC(C(C)(C)C)(C6)C5)c4ccccc4CP(C4CCCNC4)C4CCCNC4)(C3)C1)C2. The van der Waals surface area contributed by atoms with Crippen LogP contribution in [0, 0.1) is 45.3 Å². The molecular formula is C46H75N2P3. The van der Waals surface area contributed by atoms with E-state index < -0.39 is 0 Å². The molecule has 8 unspecified atom stereocenters. The van der Waals surface area contributed by atoms with Gasteiger partial charge in [-0.15, -0.1) is 17.2 Å². The molecule has 0 aromatic heterocycles. The van der Waals surface area contributed by atoms with Gasteiger partial charge in [0.1, 0.15) is 0 Å². The normalized spacial score (nSPS) is 45.0. The third-order valence-electron chi connectivity index (χ3n) is 17.4. The molecule has 2 nitrogen and oxygen atoms in total. The van der Waals surface area contributed by atoms with E-state index in [2.05, 4.69) is 76.4 Å². The molecule has 2 saturated heterocycles. The van der Waals surface area contributed by atoms with Crippen LogP contribution >= 0.6 is 25.1 Å². The third-order valence-corrected chi connectivity index (χ3v) is 25.3. The first-order valence-corrected chi connectivity index (χ1v) is 25.9. The molecule has 51 heavy (non-hydrogen) atoms. The van der Waals surface area contributed by atoms with Gasteiger partial charge in [0.25, 0.3) is 0 Å². The van der Waals surface area contributed by atoms with Gasteiger partial charge in [-0.3, -0.25) is 0 Å². The molecule has 0 radical (unpaired) electrons. The van der Waals surface area contributed by atoms with Crippen LogP contribution in [0.3, 0.4) is 0 Å². The quantitative estimate of drug-likeness (QED) is 0.246. The second kappa shape index (κ2) is 13.5. The Labute approximate surface area is 318 Å². The van der Waals surface area contributed by atoms with Crippen molar-refractivity contribution in [2.45, 2.75) is 177 Å². The van der Waals surface area contributed by atoms with Gasteiger partial charge in [-0.2, -0.15) is 0 Å². The van der Waals surface area contributed by atoms with Crippen LogP contribution in [0.1, 0.15) is 161 Å². The average molecular weight is 749 g/mol. The van der Waals surface area contributed by atoms with Crippen LogP contribution in [0.5, 0.6) is 0 Å². The highest BCUT2D eigenvalue weighted by Crippen LogP contribution is 2.78. The maximum Gasteiger partial charge on any atom is 0.0199 e. The van der Waals surface area contributed by atoms with Gasteiger partial charge in [-0.05, 0) is 200 Å². The van der Waals surface area contributed by atoms with Gasteiger partial charge in [0.05, 0.1) is 0 Å². The van der Waals surface area contributed by atoms with Gasteiger partial charge < -0.3 is 10.6 Å². The molecule has 0 amide bonds. The molecule has 2 aliphatic heterocycles. The first kappa shape index (κ1) is 37.0. The Morgan fingerprint density at radius 2 is 1.12 bits per heavy atom. The lowest BCUT2D eigenvalue weighted by Crippen LogP contribution is -2.58. The van der Waals surface area contributed by atoms with Crippen molar-refractivity contribution in [1.82, 2.24) is 10.6 Å². The minimum absolute atomic E-state index is 0.0445. The number of piperidine rings is 2. The highest BCUT2D eigenvalue weighted by Gasteiger charge is 2.64. The monoisotopic (exact) mass is 749 g/mol. The van der Waals surface area contributed by atoms with Gasteiger partial charge in [0, 0.05) is 18.5 Å². The number of nitrogens with one attached hydrogen (secondary N) is 2. The molecule has 5 heteroatoms. The topological polar surface area (TPSA) is 24.1 Å². The number of rotatable bonds is 9. The lowest BCUT2D eigenvalue weighted by Gasteiger charge is -2.68. The van der Waals surface area contributed by atoms with Gasteiger partial charge in [-0.1, -0.05) is 73.7 Å². The highest BCUT2D eigenvalue weighted by molar-refractivity contribution is 7.59. The summed E-state index contributed by atoms with van der Waals surface area (Å²) in [6.07, 6.45) is 25.8. The summed E-state index contributed by atoms with van der Waals surface area (Å²) in [5.41, 5.74) is 7.54. The van der Waals surface area contributed by atoms with E-state index >= 15 is 0 Å². The van der Waals surface area contributed by atoms with Crippen LogP contribution in [0.2, 0.25) is 0 Å². The summed E-state index contributed by atoms with van der Waals surface area (Å²) in [5.74, 6) is 4.02. The summed E-state index contributed by atoms with van der Waals surface area (Å²) in [5, 5.41) is 9.77. The fourth-order valence-electron chi connectivity index (χ4n) is 15.4. The molecule has 2 N–H and O–H groups in total. The standard InChI is InChI=1S/C46H75N2P3/c1-41(2,3)43-19-32-17-33(20-43)24-45(23-32,30-43)49-40(50-46-25-34-18-35(26-46)22-44(21-34,31-46)42(4,5)6)39-14-8-7-11-36(39)29-51(37-12-9-15-47-27-37)38-13-10-16-48-28-38/h7-8,11,14,32-35,37-38,40,47-50H,9-10,12-13,15-31H2,1-6H3. The molecule has 8 aliphatic carbocycles. The van der Waals surface area contributed by atoms with Crippen LogP contribution in [-0.4, -0.2) is 47.8 Å². The molecule has 1 aromatic rings. The van der Waals surface area contributed by atoms with E-state index in [9.17, 15) is 0 Å². The molecule has 2 heterocycles. The maximum atomic E-state index is 3.88. The Morgan fingerprint density at radius 3 is 1.53 bits per heavy atom. The van der Waals surface area contributed by atoms with Crippen molar-refractivity contribution in [3.63, 3.8) is 0 Å². The summed E-state index contributed by atoms with van der Waals surface area (Å²) in [6.45, 7) is 20.8. The van der Waals surface area contributed by atoms with Crippen LogP contribution < -0.4 is 10.6 Å². The molecule has 0 spiro atoms. The Hall–Kier alpha value is 0.430. The third kappa shape index (κ3) is 6.85. The summed E-state index contributed by atoms with van der Waals surface area (Å²) >= 11 is 0. The molecule has 11 rings (SSSR count). The molecule has 8 bridgehead atoms. The largest absolute Gasteiger partial charge is 0.316 e. The lowest BCUT2D eigenvalue weighted by molar-refractivity contribution is -0.103. The van der Waals surface area contributed by atoms with Crippen LogP contribution in [0.4, 0.5) is 0 Å². The zero-order valence-electron chi connectivity index (χ0n) is 33.6. The predicted molar refractivity (Wildman–Crippen MR) is 227 cm³/mol. The minimum Gasteiger partial charge on any atom is -0.316 e. The van der Waals surface area contributed by atoms with E-state index in [1.165, 1.54) is 58.0 Å². The zero-order chi connectivity index (χ0) is 35.3. The van der Waals surface area contributed by atoms with Gasteiger partial charge in [0.2, 0.25) is 0 Å². The first-order chi connectivity index (χ1) is 24.3. The van der Waals surface area contributed by atoms with E-state index in [0.29, 0.717) is 32.0 Å². The Morgan fingerprint density at radius 1 is 0.667 bits per heavy atom. The summed E-state index contributed by atoms with van der Waals surface area (Å²) in [6, 6.07) is 10.3. The molecule has 284 valence electrons. The second-order valence-corrected chi connectivity index (χ2v) is 29.9.